The van der Waals surface area contributed by atoms with E-state index in [-0.39, 0.29) is 0 Å². The van der Waals surface area contributed by atoms with Crippen LogP contribution >= 0.6 is 0 Å². The Morgan fingerprint density at radius 3 is 3.27 bits per heavy atom. The van der Waals surface area contributed by atoms with E-state index in [0.717, 1.165) is 11.3 Å². The molecular formula is C6H8N4O. The number of nitrogen functional groups attached to an aromatic ring is 1. The first-order valence-electron chi connectivity index (χ1n) is 3.29. The number of rotatable bonds is 1. The maximum atomic E-state index is 5.14. The van der Waals surface area contributed by atoms with Crippen LogP contribution in [0.2, 0.25) is 0 Å². The van der Waals surface area contributed by atoms with E-state index in [1.54, 1.807) is 6.20 Å². The molecule has 0 bridgehead atoms. The summed E-state index contributed by atoms with van der Waals surface area (Å²) in [7, 11) is 0. The minimum atomic E-state index is 0.439. The van der Waals surface area contributed by atoms with Crippen LogP contribution in [0.1, 0.15) is 11.3 Å². The van der Waals surface area contributed by atoms with Crippen molar-refractivity contribution in [2.45, 2.75) is 13.2 Å². The van der Waals surface area contributed by atoms with E-state index >= 15 is 0 Å². The minimum absolute atomic E-state index is 0.439. The molecule has 11 heavy (non-hydrogen) atoms. The lowest BCUT2D eigenvalue weighted by Crippen LogP contribution is -2.11. The van der Waals surface area contributed by atoms with Crippen molar-refractivity contribution in [3.8, 4) is 0 Å². The number of hydrazine groups is 1. The van der Waals surface area contributed by atoms with Gasteiger partial charge in [-0.2, -0.15) is 0 Å². The molecule has 0 amide bonds. The molecule has 5 nitrogen and oxygen atoms in total. The van der Waals surface area contributed by atoms with Crippen molar-refractivity contribution in [2.24, 2.45) is 5.84 Å². The van der Waals surface area contributed by atoms with E-state index in [0.29, 0.717) is 19.2 Å². The number of aromatic nitrogens is 2. The molecule has 58 valence electrons. The fraction of sp³-hybridized carbons (Fsp3) is 0.333. The highest BCUT2D eigenvalue weighted by molar-refractivity contribution is 5.28. The van der Waals surface area contributed by atoms with Crippen molar-refractivity contribution in [2.75, 3.05) is 5.43 Å². The monoisotopic (exact) mass is 152 g/mol. The zero-order chi connectivity index (χ0) is 7.68. The first kappa shape index (κ1) is 6.51. The fourth-order valence-electron chi connectivity index (χ4n) is 1.01. The van der Waals surface area contributed by atoms with Gasteiger partial charge in [0.2, 0.25) is 5.95 Å². The summed E-state index contributed by atoms with van der Waals surface area (Å²) < 4.78 is 5.14. The Labute approximate surface area is 63.6 Å². The maximum absolute atomic E-state index is 5.14. The summed E-state index contributed by atoms with van der Waals surface area (Å²) in [6.45, 7) is 1.17. The second kappa shape index (κ2) is 2.44. The van der Waals surface area contributed by atoms with Crippen LogP contribution in [0.15, 0.2) is 6.20 Å². The number of nitrogens with zero attached hydrogens (tertiary/aromatic N) is 2. The van der Waals surface area contributed by atoms with Gasteiger partial charge in [0.25, 0.3) is 0 Å². The number of nitrogens with one attached hydrogen (secondary N) is 1. The molecule has 0 spiro atoms. The van der Waals surface area contributed by atoms with E-state index in [4.69, 9.17) is 10.6 Å². The van der Waals surface area contributed by atoms with Gasteiger partial charge in [0.05, 0.1) is 18.9 Å². The minimum Gasteiger partial charge on any atom is -0.370 e. The summed E-state index contributed by atoms with van der Waals surface area (Å²) in [4.78, 5) is 8.04. The number of hydrogen-bond donors (Lipinski definition) is 2. The molecule has 0 atom stereocenters. The second-order valence-corrected chi connectivity index (χ2v) is 2.30. The van der Waals surface area contributed by atoms with Gasteiger partial charge in [0.15, 0.2) is 0 Å². The van der Waals surface area contributed by atoms with E-state index in [2.05, 4.69) is 15.4 Å². The lowest BCUT2D eigenvalue weighted by Gasteiger charge is -1.98. The summed E-state index contributed by atoms with van der Waals surface area (Å²) in [6, 6.07) is 0. The number of anilines is 1. The van der Waals surface area contributed by atoms with Crippen LogP contribution in [-0.4, -0.2) is 9.97 Å². The Hall–Kier alpha value is -1.20. The van der Waals surface area contributed by atoms with Gasteiger partial charge in [-0.15, -0.1) is 0 Å². The van der Waals surface area contributed by atoms with Gasteiger partial charge in [0.1, 0.15) is 0 Å². The first-order valence-corrected chi connectivity index (χ1v) is 3.29. The van der Waals surface area contributed by atoms with E-state index in [9.17, 15) is 0 Å². The Bertz CT molecular complexity index is 275. The maximum Gasteiger partial charge on any atom is 0.237 e. The zero-order valence-electron chi connectivity index (χ0n) is 5.87. The highest BCUT2D eigenvalue weighted by Crippen LogP contribution is 2.16. The summed E-state index contributed by atoms with van der Waals surface area (Å²) in [5.41, 5.74) is 4.35. The van der Waals surface area contributed by atoms with Gasteiger partial charge in [-0.05, 0) is 0 Å². The molecule has 0 unspecified atom stereocenters. The van der Waals surface area contributed by atoms with Crippen LogP contribution in [0, 0.1) is 0 Å². The lowest BCUT2D eigenvalue weighted by molar-refractivity contribution is 0.133. The van der Waals surface area contributed by atoms with Crippen molar-refractivity contribution < 1.29 is 4.74 Å². The van der Waals surface area contributed by atoms with Crippen molar-refractivity contribution in [3.05, 3.63) is 17.5 Å². The van der Waals surface area contributed by atoms with Gasteiger partial charge >= 0.3 is 0 Å². The molecule has 0 radical (unpaired) electrons. The summed E-state index contributed by atoms with van der Waals surface area (Å²) in [6.07, 6.45) is 1.73. The normalized spacial score (nSPS) is 14.6. The van der Waals surface area contributed by atoms with E-state index < -0.39 is 0 Å². The number of ether oxygens (including phenoxy) is 1. The quantitative estimate of drug-likeness (QED) is 0.430. The Morgan fingerprint density at radius 2 is 2.45 bits per heavy atom. The molecule has 3 N–H and O–H groups in total. The fourth-order valence-corrected chi connectivity index (χ4v) is 1.01. The van der Waals surface area contributed by atoms with Crippen LogP contribution in [0.4, 0.5) is 5.95 Å². The highest BCUT2D eigenvalue weighted by Gasteiger charge is 2.12. The summed E-state index contributed by atoms with van der Waals surface area (Å²) in [5, 5.41) is 0. The molecular weight excluding hydrogens is 144 g/mol. The first-order chi connectivity index (χ1) is 5.40. The van der Waals surface area contributed by atoms with E-state index in [1.165, 1.54) is 0 Å². The van der Waals surface area contributed by atoms with Crippen LogP contribution in [-0.2, 0) is 18.0 Å². The van der Waals surface area contributed by atoms with Crippen molar-refractivity contribution in [1.29, 1.82) is 0 Å². The predicted octanol–water partition coefficient (Wildman–Crippen LogP) is -0.208. The molecule has 5 heteroatoms. The van der Waals surface area contributed by atoms with Crippen LogP contribution in [0.25, 0.3) is 0 Å². The largest absolute Gasteiger partial charge is 0.370 e. The van der Waals surface area contributed by atoms with Crippen molar-refractivity contribution >= 4 is 5.95 Å². The highest BCUT2D eigenvalue weighted by atomic mass is 16.5. The zero-order valence-corrected chi connectivity index (χ0v) is 5.87. The predicted molar refractivity (Wildman–Crippen MR) is 38.3 cm³/mol. The van der Waals surface area contributed by atoms with Crippen LogP contribution < -0.4 is 11.3 Å². The standard InChI is InChI=1S/C6H8N4O/c7-10-6-8-1-4-2-11-3-5(4)9-6/h1H,2-3,7H2,(H,8,9,10). The third-order valence-corrected chi connectivity index (χ3v) is 1.58. The van der Waals surface area contributed by atoms with Gasteiger partial charge in [0, 0.05) is 11.8 Å². The molecule has 0 saturated carbocycles. The third-order valence-electron chi connectivity index (χ3n) is 1.58. The molecule has 0 aromatic carbocycles. The molecule has 1 aromatic rings. The van der Waals surface area contributed by atoms with E-state index in [1.807, 2.05) is 0 Å². The number of fused-ring (bicyclic) bond motifs is 1. The van der Waals surface area contributed by atoms with Crippen LogP contribution in [0.3, 0.4) is 0 Å². The number of hydrogen-bond acceptors (Lipinski definition) is 5. The summed E-state index contributed by atoms with van der Waals surface area (Å²) in [5.74, 6) is 5.57. The molecule has 1 aromatic heterocycles. The van der Waals surface area contributed by atoms with Gasteiger partial charge in [-0.25, -0.2) is 15.8 Å². The molecule has 0 saturated heterocycles. The van der Waals surface area contributed by atoms with Gasteiger partial charge < -0.3 is 4.74 Å². The topological polar surface area (TPSA) is 73.1 Å². The SMILES string of the molecule is NNc1ncc2c(n1)COC2. The average Bonchev–Trinajstić information content (AvgIpc) is 2.50. The third kappa shape index (κ3) is 1.04. The molecule has 0 aliphatic carbocycles. The Morgan fingerprint density at radius 1 is 1.55 bits per heavy atom. The Balaban J connectivity index is 2.41. The summed E-state index contributed by atoms with van der Waals surface area (Å²) >= 11 is 0. The molecule has 1 aliphatic heterocycles. The van der Waals surface area contributed by atoms with Crippen molar-refractivity contribution in [3.63, 3.8) is 0 Å². The Kier molecular flexibility index (Phi) is 1.45. The second-order valence-electron chi connectivity index (χ2n) is 2.30. The number of nitrogens with two attached hydrogens (primary N) is 1. The van der Waals surface area contributed by atoms with Crippen LogP contribution in [0.5, 0.6) is 0 Å². The van der Waals surface area contributed by atoms with Gasteiger partial charge in [-0.1, -0.05) is 0 Å². The molecule has 1 aliphatic rings. The molecule has 2 heterocycles. The molecule has 0 fully saturated rings. The average molecular weight is 152 g/mol. The lowest BCUT2D eigenvalue weighted by atomic mass is 10.3. The molecule has 2 rings (SSSR count). The van der Waals surface area contributed by atoms with Gasteiger partial charge in [-0.3, -0.25) is 5.43 Å². The smallest absolute Gasteiger partial charge is 0.237 e. The van der Waals surface area contributed by atoms with Crippen molar-refractivity contribution in [1.82, 2.24) is 9.97 Å².